The van der Waals surface area contributed by atoms with Gasteiger partial charge in [0.1, 0.15) is 0 Å². The highest BCUT2D eigenvalue weighted by Gasteiger charge is 2.22. The minimum atomic E-state index is -0.459. The van der Waals surface area contributed by atoms with Gasteiger partial charge in [-0.3, -0.25) is 10.1 Å². The van der Waals surface area contributed by atoms with Crippen LogP contribution in [-0.4, -0.2) is 25.0 Å². The van der Waals surface area contributed by atoms with E-state index < -0.39 is 6.03 Å². The van der Waals surface area contributed by atoms with Crippen molar-refractivity contribution in [3.05, 3.63) is 12.3 Å². The van der Waals surface area contributed by atoms with E-state index in [9.17, 15) is 9.59 Å². The van der Waals surface area contributed by atoms with Gasteiger partial charge in [-0.25, -0.2) is 4.79 Å². The van der Waals surface area contributed by atoms with Gasteiger partial charge in [-0.15, -0.1) is 0 Å². The van der Waals surface area contributed by atoms with Crippen LogP contribution >= 0.6 is 0 Å². The summed E-state index contributed by atoms with van der Waals surface area (Å²) in [6.07, 6.45) is 5.03. The lowest BCUT2D eigenvalue weighted by Crippen LogP contribution is -2.43. The van der Waals surface area contributed by atoms with E-state index >= 15 is 0 Å². The number of amides is 3. The number of rotatable bonds is 2. The Morgan fingerprint density at radius 1 is 1.22 bits per heavy atom. The summed E-state index contributed by atoms with van der Waals surface area (Å²) in [5.41, 5.74) is 0.00628. The highest BCUT2D eigenvalue weighted by molar-refractivity contribution is 5.95. The third-order valence-electron chi connectivity index (χ3n) is 2.74. The average Bonchev–Trinajstić information content (AvgIpc) is 2.28. The first-order valence-electron chi connectivity index (χ1n) is 6.38. The Morgan fingerprint density at radius 2 is 1.83 bits per heavy atom. The zero-order chi connectivity index (χ0) is 13.6. The number of carbonyl (C=O) groups excluding carboxylic acids is 2. The molecule has 0 aliphatic carbocycles. The molecule has 1 heterocycles. The fourth-order valence-electron chi connectivity index (χ4n) is 1.70. The smallest absolute Gasteiger partial charge is 0.317 e. The van der Waals surface area contributed by atoms with Gasteiger partial charge in [-0.05, 0) is 31.3 Å². The topological polar surface area (TPSA) is 70.2 Å². The number of urea groups is 1. The van der Waals surface area contributed by atoms with Crippen molar-refractivity contribution in [1.82, 2.24) is 16.0 Å². The molecule has 1 saturated heterocycles. The molecule has 0 bridgehead atoms. The number of piperidine rings is 1. The first kappa shape index (κ1) is 14.7. The number of hydrogen-bond acceptors (Lipinski definition) is 3. The molecule has 0 aromatic heterocycles. The van der Waals surface area contributed by atoms with Gasteiger partial charge in [0.05, 0.1) is 0 Å². The molecule has 5 nitrogen and oxygen atoms in total. The molecule has 0 radical (unpaired) electrons. The van der Waals surface area contributed by atoms with Crippen LogP contribution in [0.2, 0.25) is 0 Å². The second kappa shape index (κ2) is 6.54. The Hall–Kier alpha value is -1.36. The van der Waals surface area contributed by atoms with Gasteiger partial charge >= 0.3 is 6.03 Å². The van der Waals surface area contributed by atoms with E-state index in [0.29, 0.717) is 0 Å². The highest BCUT2D eigenvalue weighted by atomic mass is 16.2. The zero-order valence-electron chi connectivity index (χ0n) is 11.4. The number of carbonyl (C=O) groups is 2. The molecule has 0 aromatic rings. The monoisotopic (exact) mass is 253 g/mol. The zero-order valence-corrected chi connectivity index (χ0v) is 11.4. The van der Waals surface area contributed by atoms with Crippen LogP contribution in [-0.2, 0) is 4.79 Å². The lowest BCUT2D eigenvalue weighted by molar-refractivity contribution is -0.124. The molecule has 0 saturated carbocycles. The number of imide groups is 1. The molecule has 0 aromatic carbocycles. The molecule has 0 spiro atoms. The first-order chi connectivity index (χ1) is 8.38. The Kier molecular flexibility index (Phi) is 5.34. The van der Waals surface area contributed by atoms with Crippen LogP contribution in [0, 0.1) is 11.3 Å². The molecule has 1 fully saturated rings. The molecule has 3 N–H and O–H groups in total. The van der Waals surface area contributed by atoms with Crippen molar-refractivity contribution in [3.63, 3.8) is 0 Å². The van der Waals surface area contributed by atoms with Crippen molar-refractivity contribution in [3.8, 4) is 0 Å². The number of allylic oxidation sites excluding steroid dienone is 1. The van der Waals surface area contributed by atoms with Crippen molar-refractivity contribution in [2.45, 2.75) is 33.6 Å². The van der Waals surface area contributed by atoms with Crippen molar-refractivity contribution in [1.29, 1.82) is 0 Å². The molecule has 0 unspecified atom stereocenters. The minimum absolute atomic E-state index is 0.00628. The summed E-state index contributed by atoms with van der Waals surface area (Å²) < 4.78 is 0. The lowest BCUT2D eigenvalue weighted by atomic mass is 9.97. The quantitative estimate of drug-likeness (QED) is 0.696. The average molecular weight is 253 g/mol. The van der Waals surface area contributed by atoms with Gasteiger partial charge in [-0.1, -0.05) is 26.8 Å². The van der Waals surface area contributed by atoms with Crippen LogP contribution in [0.1, 0.15) is 33.6 Å². The van der Waals surface area contributed by atoms with E-state index in [-0.39, 0.29) is 17.2 Å². The van der Waals surface area contributed by atoms with Gasteiger partial charge in [0, 0.05) is 12.1 Å². The van der Waals surface area contributed by atoms with E-state index in [2.05, 4.69) is 16.0 Å². The molecule has 5 heteroatoms. The summed E-state index contributed by atoms with van der Waals surface area (Å²) in [5.74, 6) is -0.234. The summed E-state index contributed by atoms with van der Waals surface area (Å²) in [6, 6.07) is -0.459. The van der Waals surface area contributed by atoms with Crippen LogP contribution in [0.15, 0.2) is 12.3 Å². The summed E-state index contributed by atoms with van der Waals surface area (Å²) in [4.78, 5) is 23.2. The molecule has 0 atom stereocenters. The molecule has 3 amide bonds. The van der Waals surface area contributed by atoms with Crippen LogP contribution in [0.25, 0.3) is 0 Å². The fraction of sp³-hybridized carbons (Fsp3) is 0.692. The standard InChI is InChI=1S/C13H23N3O2/c1-13(2,3)6-9-15-12(18)16-11(17)10-4-7-14-8-5-10/h6,9-10,14H,4-5,7-8H2,1-3H3,(H2,15,16,17,18)/b9-6+. The SMILES string of the molecule is CC(C)(C)/C=C/NC(=O)NC(=O)C1CCNCC1. The summed E-state index contributed by atoms with van der Waals surface area (Å²) >= 11 is 0. The van der Waals surface area contributed by atoms with Gasteiger partial charge in [-0.2, -0.15) is 0 Å². The van der Waals surface area contributed by atoms with Crippen LogP contribution in [0.4, 0.5) is 4.79 Å². The highest BCUT2D eigenvalue weighted by Crippen LogP contribution is 2.13. The van der Waals surface area contributed by atoms with Crippen molar-refractivity contribution >= 4 is 11.9 Å². The van der Waals surface area contributed by atoms with E-state index in [1.165, 1.54) is 0 Å². The van der Waals surface area contributed by atoms with Crippen molar-refractivity contribution in [2.75, 3.05) is 13.1 Å². The Morgan fingerprint density at radius 3 is 2.39 bits per heavy atom. The van der Waals surface area contributed by atoms with Gasteiger partial charge in [0.2, 0.25) is 5.91 Å². The van der Waals surface area contributed by atoms with Crippen molar-refractivity contribution in [2.24, 2.45) is 11.3 Å². The molecule has 1 rings (SSSR count). The predicted octanol–water partition coefficient (Wildman–Crippen LogP) is 1.37. The third-order valence-corrected chi connectivity index (χ3v) is 2.74. The van der Waals surface area contributed by atoms with E-state index in [1.54, 1.807) is 6.20 Å². The third kappa shape index (κ3) is 5.82. The lowest BCUT2D eigenvalue weighted by Gasteiger charge is -2.21. The molecule has 1 aliphatic heterocycles. The van der Waals surface area contributed by atoms with Crippen molar-refractivity contribution < 1.29 is 9.59 Å². The normalized spacial score (nSPS) is 17.7. The van der Waals surface area contributed by atoms with E-state index in [1.807, 2.05) is 26.8 Å². The maximum atomic E-state index is 11.7. The summed E-state index contributed by atoms with van der Waals surface area (Å²) in [6.45, 7) is 7.77. The van der Waals surface area contributed by atoms with Crippen LogP contribution in [0.5, 0.6) is 0 Å². The number of nitrogens with one attached hydrogen (secondary N) is 3. The van der Waals surface area contributed by atoms with Gasteiger partial charge in [0.15, 0.2) is 0 Å². The van der Waals surface area contributed by atoms with E-state index in [0.717, 1.165) is 25.9 Å². The van der Waals surface area contributed by atoms with Crippen LogP contribution in [0.3, 0.4) is 0 Å². The van der Waals surface area contributed by atoms with E-state index in [4.69, 9.17) is 0 Å². The largest absolute Gasteiger partial charge is 0.325 e. The first-order valence-corrected chi connectivity index (χ1v) is 6.38. The second-order valence-corrected chi connectivity index (χ2v) is 5.69. The summed E-state index contributed by atoms with van der Waals surface area (Å²) in [7, 11) is 0. The Bertz CT molecular complexity index is 326. The molecule has 1 aliphatic rings. The summed E-state index contributed by atoms with van der Waals surface area (Å²) in [5, 5.41) is 8.09. The molecular formula is C13H23N3O2. The predicted molar refractivity (Wildman–Crippen MR) is 70.9 cm³/mol. The van der Waals surface area contributed by atoms with Gasteiger partial charge < -0.3 is 10.6 Å². The number of hydrogen-bond donors (Lipinski definition) is 3. The molecule has 18 heavy (non-hydrogen) atoms. The maximum Gasteiger partial charge on any atom is 0.325 e. The molecule has 102 valence electrons. The minimum Gasteiger partial charge on any atom is -0.317 e. The molecular weight excluding hydrogens is 230 g/mol. The van der Waals surface area contributed by atoms with Gasteiger partial charge in [0.25, 0.3) is 0 Å². The Labute approximate surface area is 108 Å². The maximum absolute atomic E-state index is 11.7. The van der Waals surface area contributed by atoms with Crippen LogP contribution < -0.4 is 16.0 Å². The fourth-order valence-corrected chi connectivity index (χ4v) is 1.70. The second-order valence-electron chi connectivity index (χ2n) is 5.69. The Balaban J connectivity index is 2.31.